The van der Waals surface area contributed by atoms with Crippen molar-refractivity contribution < 1.29 is 9.59 Å². The molecule has 4 heteroatoms. The van der Waals surface area contributed by atoms with Gasteiger partial charge in [0, 0.05) is 25.2 Å². The molecule has 0 aliphatic heterocycles. The van der Waals surface area contributed by atoms with Crippen molar-refractivity contribution in [1.29, 1.82) is 0 Å². The zero-order valence-electron chi connectivity index (χ0n) is 9.06. The Hall–Kier alpha value is -1.58. The van der Waals surface area contributed by atoms with E-state index >= 15 is 0 Å². The number of carbonyl (C=O) groups is 2. The van der Waals surface area contributed by atoms with E-state index in [0.29, 0.717) is 18.7 Å². The van der Waals surface area contributed by atoms with E-state index in [-0.39, 0.29) is 11.9 Å². The molecule has 0 saturated heterocycles. The maximum atomic E-state index is 11.3. The zero-order valence-corrected chi connectivity index (χ0v) is 9.06. The number of carbonyl (C=O) groups excluding carboxylic acids is 2. The molecular formula is C11H16N2O2. The minimum Gasteiger partial charge on any atom is -0.354 e. The van der Waals surface area contributed by atoms with Gasteiger partial charge in [0.15, 0.2) is 6.29 Å². The summed E-state index contributed by atoms with van der Waals surface area (Å²) in [5, 5.41) is 2.80. The third-order valence-corrected chi connectivity index (χ3v) is 2.01. The maximum absolute atomic E-state index is 11.3. The highest BCUT2D eigenvalue weighted by molar-refractivity contribution is 5.76. The molecule has 0 aromatic carbocycles. The standard InChI is InChI=1S/C11H16N2O2/c1-9(2)12-11(15)5-7-13-6-3-4-10(13)8-14/h3-4,6,8-9H,5,7H2,1-2H3,(H,12,15). The number of hydrogen-bond acceptors (Lipinski definition) is 2. The second kappa shape index (κ2) is 5.34. The molecule has 82 valence electrons. The number of hydrogen-bond donors (Lipinski definition) is 1. The van der Waals surface area contributed by atoms with Gasteiger partial charge in [0.25, 0.3) is 0 Å². The van der Waals surface area contributed by atoms with Gasteiger partial charge in [-0.25, -0.2) is 0 Å². The molecule has 0 radical (unpaired) electrons. The number of aromatic nitrogens is 1. The van der Waals surface area contributed by atoms with Crippen LogP contribution in [0.4, 0.5) is 0 Å². The molecule has 1 rings (SSSR count). The molecule has 1 heterocycles. The van der Waals surface area contributed by atoms with Crippen molar-refractivity contribution in [2.75, 3.05) is 0 Å². The molecule has 4 nitrogen and oxygen atoms in total. The van der Waals surface area contributed by atoms with Gasteiger partial charge in [0.05, 0.1) is 5.69 Å². The molecule has 0 saturated carbocycles. The lowest BCUT2D eigenvalue weighted by atomic mass is 10.3. The Labute approximate surface area is 89.3 Å². The number of nitrogens with one attached hydrogen (secondary N) is 1. The van der Waals surface area contributed by atoms with Gasteiger partial charge in [-0.2, -0.15) is 0 Å². The highest BCUT2D eigenvalue weighted by Crippen LogP contribution is 2.00. The van der Waals surface area contributed by atoms with Gasteiger partial charge in [-0.15, -0.1) is 0 Å². The monoisotopic (exact) mass is 208 g/mol. The van der Waals surface area contributed by atoms with Crippen molar-refractivity contribution in [3.63, 3.8) is 0 Å². The van der Waals surface area contributed by atoms with Gasteiger partial charge in [-0.1, -0.05) is 0 Å². The van der Waals surface area contributed by atoms with Crippen molar-refractivity contribution in [2.24, 2.45) is 0 Å². The molecule has 15 heavy (non-hydrogen) atoms. The van der Waals surface area contributed by atoms with Crippen molar-refractivity contribution in [3.05, 3.63) is 24.0 Å². The summed E-state index contributed by atoms with van der Waals surface area (Å²) in [4.78, 5) is 21.9. The molecule has 0 aliphatic rings. The summed E-state index contributed by atoms with van der Waals surface area (Å²) in [6, 6.07) is 3.69. The highest BCUT2D eigenvalue weighted by atomic mass is 16.1. The first-order chi connectivity index (χ1) is 7.13. The maximum Gasteiger partial charge on any atom is 0.221 e. The fourth-order valence-corrected chi connectivity index (χ4v) is 1.35. The lowest BCUT2D eigenvalue weighted by Crippen LogP contribution is -2.30. The average Bonchev–Trinajstić information content (AvgIpc) is 2.60. The van der Waals surface area contributed by atoms with Crippen LogP contribution < -0.4 is 5.32 Å². The molecule has 0 unspecified atom stereocenters. The Morgan fingerprint density at radius 2 is 2.33 bits per heavy atom. The van der Waals surface area contributed by atoms with E-state index in [0.717, 1.165) is 6.29 Å². The van der Waals surface area contributed by atoms with Crippen LogP contribution in [0.15, 0.2) is 18.3 Å². The molecule has 1 aromatic rings. The van der Waals surface area contributed by atoms with Gasteiger partial charge in [0.2, 0.25) is 5.91 Å². The van der Waals surface area contributed by atoms with Crippen LogP contribution in [-0.2, 0) is 11.3 Å². The first-order valence-corrected chi connectivity index (χ1v) is 5.03. The molecule has 1 aromatic heterocycles. The van der Waals surface area contributed by atoms with E-state index in [2.05, 4.69) is 5.32 Å². The SMILES string of the molecule is CC(C)NC(=O)CCn1cccc1C=O. The quantitative estimate of drug-likeness (QED) is 0.739. The highest BCUT2D eigenvalue weighted by Gasteiger charge is 2.04. The Morgan fingerprint density at radius 3 is 2.93 bits per heavy atom. The van der Waals surface area contributed by atoms with Crippen LogP contribution >= 0.6 is 0 Å². The number of aldehydes is 1. The number of amides is 1. The number of rotatable bonds is 5. The van der Waals surface area contributed by atoms with Gasteiger partial charge >= 0.3 is 0 Å². The summed E-state index contributed by atoms with van der Waals surface area (Å²) in [6.07, 6.45) is 2.99. The molecule has 0 spiro atoms. The second-order valence-electron chi connectivity index (χ2n) is 3.72. The van der Waals surface area contributed by atoms with Crippen LogP contribution in [-0.4, -0.2) is 22.8 Å². The van der Waals surface area contributed by atoms with Crippen molar-refractivity contribution in [2.45, 2.75) is 32.9 Å². The van der Waals surface area contributed by atoms with Crippen LogP contribution in [0, 0.1) is 0 Å². The fraction of sp³-hybridized carbons (Fsp3) is 0.455. The van der Waals surface area contributed by atoms with E-state index < -0.39 is 0 Å². The van der Waals surface area contributed by atoms with Crippen molar-refractivity contribution in [3.8, 4) is 0 Å². The van der Waals surface area contributed by atoms with Gasteiger partial charge in [-0.05, 0) is 26.0 Å². The lowest BCUT2D eigenvalue weighted by Gasteiger charge is -2.09. The lowest BCUT2D eigenvalue weighted by molar-refractivity contribution is -0.121. The number of aryl methyl sites for hydroxylation is 1. The van der Waals surface area contributed by atoms with E-state index in [1.165, 1.54) is 0 Å². The van der Waals surface area contributed by atoms with Crippen LogP contribution in [0.3, 0.4) is 0 Å². The van der Waals surface area contributed by atoms with Crippen LogP contribution in [0.1, 0.15) is 30.8 Å². The summed E-state index contributed by atoms with van der Waals surface area (Å²) in [5.74, 6) is 0.00977. The topological polar surface area (TPSA) is 51.1 Å². The minimum absolute atomic E-state index is 0.00977. The molecule has 1 amide bonds. The third-order valence-electron chi connectivity index (χ3n) is 2.01. The Kier molecular flexibility index (Phi) is 4.09. The second-order valence-corrected chi connectivity index (χ2v) is 3.72. The van der Waals surface area contributed by atoms with Crippen molar-refractivity contribution in [1.82, 2.24) is 9.88 Å². The summed E-state index contributed by atoms with van der Waals surface area (Å²) in [7, 11) is 0. The summed E-state index contributed by atoms with van der Waals surface area (Å²) in [5.41, 5.74) is 0.604. The van der Waals surface area contributed by atoms with E-state index in [1.54, 1.807) is 22.9 Å². The molecule has 1 N–H and O–H groups in total. The molecule has 0 fully saturated rings. The van der Waals surface area contributed by atoms with Crippen LogP contribution in [0.2, 0.25) is 0 Å². The van der Waals surface area contributed by atoms with E-state index in [4.69, 9.17) is 0 Å². The third kappa shape index (κ3) is 3.58. The van der Waals surface area contributed by atoms with E-state index in [9.17, 15) is 9.59 Å². The Balaban J connectivity index is 2.43. The van der Waals surface area contributed by atoms with Crippen LogP contribution in [0.5, 0.6) is 0 Å². The molecule has 0 atom stereocenters. The first-order valence-electron chi connectivity index (χ1n) is 5.03. The average molecular weight is 208 g/mol. The molecule has 0 aliphatic carbocycles. The Bertz CT molecular complexity index is 342. The largest absolute Gasteiger partial charge is 0.354 e. The summed E-state index contributed by atoms with van der Waals surface area (Å²) < 4.78 is 1.77. The molecule has 0 bridgehead atoms. The van der Waals surface area contributed by atoms with Gasteiger partial charge < -0.3 is 9.88 Å². The number of nitrogens with zero attached hydrogens (tertiary/aromatic N) is 1. The Morgan fingerprint density at radius 1 is 1.60 bits per heavy atom. The summed E-state index contributed by atoms with van der Waals surface area (Å²) in [6.45, 7) is 4.38. The predicted octanol–water partition coefficient (Wildman–Crippen LogP) is 1.22. The molecular weight excluding hydrogens is 192 g/mol. The van der Waals surface area contributed by atoms with Crippen LogP contribution in [0.25, 0.3) is 0 Å². The normalized spacial score (nSPS) is 10.3. The first kappa shape index (κ1) is 11.5. The zero-order chi connectivity index (χ0) is 11.3. The smallest absolute Gasteiger partial charge is 0.221 e. The summed E-state index contributed by atoms with van der Waals surface area (Å²) >= 11 is 0. The predicted molar refractivity (Wildman–Crippen MR) is 57.7 cm³/mol. The van der Waals surface area contributed by atoms with Gasteiger partial charge in [-0.3, -0.25) is 9.59 Å². The van der Waals surface area contributed by atoms with Crippen molar-refractivity contribution >= 4 is 12.2 Å². The minimum atomic E-state index is 0.00977. The fourth-order valence-electron chi connectivity index (χ4n) is 1.35. The van der Waals surface area contributed by atoms with Gasteiger partial charge in [0.1, 0.15) is 0 Å². The van der Waals surface area contributed by atoms with E-state index in [1.807, 2.05) is 13.8 Å².